The SMILES string of the molecule is CCOc1ccc2nc(-c3ccc(C(F)(F)F)c(S(=O)(=O)Cl)c3)cn2n1. The number of hydrogen-bond donors (Lipinski definition) is 0. The Balaban J connectivity index is 2.13. The summed E-state index contributed by atoms with van der Waals surface area (Å²) in [7, 11) is 0.572. The van der Waals surface area contributed by atoms with Crippen molar-refractivity contribution in [3.63, 3.8) is 0 Å². The first-order chi connectivity index (χ1) is 12.1. The Morgan fingerprint density at radius 2 is 1.96 bits per heavy atom. The zero-order chi connectivity index (χ0) is 19.1. The van der Waals surface area contributed by atoms with Gasteiger partial charge in [0, 0.05) is 22.3 Å². The van der Waals surface area contributed by atoms with Crippen molar-refractivity contribution in [3.05, 3.63) is 42.1 Å². The van der Waals surface area contributed by atoms with Crippen LogP contribution in [-0.2, 0) is 15.2 Å². The van der Waals surface area contributed by atoms with E-state index in [9.17, 15) is 21.6 Å². The average molecular weight is 406 g/mol. The summed E-state index contributed by atoms with van der Waals surface area (Å²) < 4.78 is 68.9. The highest BCUT2D eigenvalue weighted by atomic mass is 35.7. The maximum atomic E-state index is 13.0. The fraction of sp³-hybridized carbons (Fsp3) is 0.200. The lowest BCUT2D eigenvalue weighted by molar-refractivity contribution is -0.139. The largest absolute Gasteiger partial charge is 0.477 e. The number of nitrogens with zero attached hydrogens (tertiary/aromatic N) is 3. The number of fused-ring (bicyclic) bond motifs is 1. The third-order valence-corrected chi connectivity index (χ3v) is 4.80. The van der Waals surface area contributed by atoms with Crippen molar-refractivity contribution in [1.29, 1.82) is 0 Å². The summed E-state index contributed by atoms with van der Waals surface area (Å²) in [6.45, 7) is 2.21. The van der Waals surface area contributed by atoms with E-state index in [1.165, 1.54) is 10.7 Å². The molecule has 3 rings (SSSR count). The Morgan fingerprint density at radius 3 is 2.58 bits per heavy atom. The average Bonchev–Trinajstić information content (AvgIpc) is 2.96. The molecule has 0 saturated heterocycles. The van der Waals surface area contributed by atoms with Gasteiger partial charge in [-0.2, -0.15) is 13.2 Å². The van der Waals surface area contributed by atoms with E-state index < -0.39 is 25.7 Å². The highest BCUT2D eigenvalue weighted by molar-refractivity contribution is 8.13. The molecule has 0 saturated carbocycles. The Morgan fingerprint density at radius 1 is 1.23 bits per heavy atom. The quantitative estimate of drug-likeness (QED) is 0.618. The fourth-order valence-electron chi connectivity index (χ4n) is 2.35. The normalized spacial score (nSPS) is 12.5. The van der Waals surface area contributed by atoms with Crippen LogP contribution in [-0.4, -0.2) is 29.6 Å². The van der Waals surface area contributed by atoms with E-state index in [1.807, 2.05) is 0 Å². The van der Waals surface area contributed by atoms with E-state index in [0.29, 0.717) is 24.2 Å². The zero-order valence-corrected chi connectivity index (χ0v) is 14.7. The van der Waals surface area contributed by atoms with Gasteiger partial charge in [-0.3, -0.25) is 0 Å². The Kier molecular flexibility index (Phi) is 4.57. The highest BCUT2D eigenvalue weighted by Gasteiger charge is 2.37. The van der Waals surface area contributed by atoms with Gasteiger partial charge in [0.15, 0.2) is 5.65 Å². The smallest absolute Gasteiger partial charge is 0.417 e. The van der Waals surface area contributed by atoms with Crippen LogP contribution < -0.4 is 4.74 Å². The van der Waals surface area contributed by atoms with Crippen LogP contribution >= 0.6 is 10.7 Å². The molecule has 0 atom stereocenters. The van der Waals surface area contributed by atoms with Crippen LogP contribution in [0.4, 0.5) is 13.2 Å². The van der Waals surface area contributed by atoms with Gasteiger partial charge in [0.25, 0.3) is 9.05 Å². The summed E-state index contributed by atoms with van der Waals surface area (Å²) in [6.07, 6.45) is -3.41. The summed E-state index contributed by atoms with van der Waals surface area (Å²) in [4.78, 5) is 3.20. The first kappa shape index (κ1) is 18.5. The summed E-state index contributed by atoms with van der Waals surface area (Å²) in [5.41, 5.74) is -0.530. The Hall–Kier alpha value is -2.33. The molecule has 0 fully saturated rings. The molecule has 0 amide bonds. The molecule has 2 heterocycles. The standard InChI is InChI=1S/C15H11ClF3N3O3S/c1-2-25-14-6-5-13-20-11(8-22(13)21-14)9-3-4-10(15(17,18)19)12(7-9)26(16,23)24/h3-8H,2H2,1H3. The molecule has 6 nitrogen and oxygen atoms in total. The molecule has 0 aliphatic carbocycles. The maximum absolute atomic E-state index is 13.0. The van der Waals surface area contributed by atoms with Crippen LogP contribution in [0, 0.1) is 0 Å². The fourth-order valence-corrected chi connectivity index (χ4v) is 3.44. The van der Waals surface area contributed by atoms with Crippen molar-refractivity contribution in [1.82, 2.24) is 14.6 Å². The molecule has 2 aromatic heterocycles. The lowest BCUT2D eigenvalue weighted by Crippen LogP contribution is -2.10. The van der Waals surface area contributed by atoms with Crippen molar-refractivity contribution in [2.45, 2.75) is 18.0 Å². The molecule has 26 heavy (non-hydrogen) atoms. The first-order valence-corrected chi connectivity index (χ1v) is 9.56. The van der Waals surface area contributed by atoms with Crippen LogP contribution in [0.2, 0.25) is 0 Å². The molecular weight excluding hydrogens is 395 g/mol. The molecule has 1 aromatic carbocycles. The molecule has 11 heteroatoms. The van der Waals surface area contributed by atoms with Gasteiger partial charge in [-0.05, 0) is 25.1 Å². The molecule has 0 bridgehead atoms. The Bertz CT molecular complexity index is 1080. The number of imidazole rings is 1. The number of aromatic nitrogens is 3. The van der Waals surface area contributed by atoms with Crippen molar-refractivity contribution < 1.29 is 26.3 Å². The van der Waals surface area contributed by atoms with Crippen molar-refractivity contribution in [2.24, 2.45) is 0 Å². The van der Waals surface area contributed by atoms with Crippen LogP contribution in [0.3, 0.4) is 0 Å². The molecule has 0 aliphatic heterocycles. The monoisotopic (exact) mass is 405 g/mol. The summed E-state index contributed by atoms with van der Waals surface area (Å²) >= 11 is 0. The molecule has 3 aromatic rings. The van der Waals surface area contributed by atoms with Gasteiger partial charge in [0.1, 0.15) is 0 Å². The van der Waals surface area contributed by atoms with Crippen LogP contribution in [0.5, 0.6) is 5.88 Å². The van der Waals surface area contributed by atoms with E-state index in [-0.39, 0.29) is 11.3 Å². The van der Waals surface area contributed by atoms with E-state index in [1.54, 1.807) is 19.1 Å². The molecule has 0 radical (unpaired) electrons. The molecule has 0 aliphatic rings. The van der Waals surface area contributed by atoms with Gasteiger partial charge >= 0.3 is 6.18 Å². The predicted molar refractivity (Wildman–Crippen MR) is 87.6 cm³/mol. The first-order valence-electron chi connectivity index (χ1n) is 7.25. The zero-order valence-electron chi connectivity index (χ0n) is 13.2. The summed E-state index contributed by atoms with van der Waals surface area (Å²) in [5, 5.41) is 4.15. The minimum atomic E-state index is -4.86. The molecular formula is C15H11ClF3N3O3S. The molecule has 138 valence electrons. The lowest BCUT2D eigenvalue weighted by Gasteiger charge is -2.11. The van der Waals surface area contributed by atoms with Crippen LogP contribution in [0.15, 0.2) is 41.4 Å². The second kappa shape index (κ2) is 6.44. The highest BCUT2D eigenvalue weighted by Crippen LogP contribution is 2.37. The van der Waals surface area contributed by atoms with E-state index in [0.717, 1.165) is 12.1 Å². The topological polar surface area (TPSA) is 73.6 Å². The van der Waals surface area contributed by atoms with Gasteiger partial charge in [-0.1, -0.05) is 6.07 Å². The number of halogens is 4. The number of benzene rings is 1. The minimum absolute atomic E-state index is 0.153. The van der Waals surface area contributed by atoms with Crippen molar-refractivity contribution >= 4 is 25.4 Å². The van der Waals surface area contributed by atoms with Crippen molar-refractivity contribution in [3.8, 4) is 17.1 Å². The van der Waals surface area contributed by atoms with E-state index >= 15 is 0 Å². The van der Waals surface area contributed by atoms with Gasteiger partial charge < -0.3 is 4.74 Å². The maximum Gasteiger partial charge on any atom is 0.417 e. The summed E-state index contributed by atoms with van der Waals surface area (Å²) in [5.74, 6) is 0.348. The third kappa shape index (κ3) is 3.61. The predicted octanol–water partition coefficient (Wildman–Crippen LogP) is 3.74. The van der Waals surface area contributed by atoms with Crippen LogP contribution in [0.25, 0.3) is 16.9 Å². The third-order valence-electron chi connectivity index (χ3n) is 3.43. The second-order valence-corrected chi connectivity index (χ2v) is 7.71. The van der Waals surface area contributed by atoms with Crippen molar-refractivity contribution in [2.75, 3.05) is 6.61 Å². The molecule has 0 unspecified atom stereocenters. The van der Waals surface area contributed by atoms with E-state index in [4.69, 9.17) is 15.4 Å². The summed E-state index contributed by atoms with van der Waals surface area (Å²) in [6, 6.07) is 5.84. The molecule has 0 spiro atoms. The van der Waals surface area contributed by atoms with Gasteiger partial charge in [0.2, 0.25) is 5.88 Å². The number of rotatable bonds is 4. The second-order valence-electron chi connectivity index (χ2n) is 5.18. The number of hydrogen-bond acceptors (Lipinski definition) is 5. The Labute approximate surface area is 150 Å². The number of alkyl halides is 3. The molecule has 0 N–H and O–H groups in total. The van der Waals surface area contributed by atoms with Gasteiger partial charge in [-0.15, -0.1) is 5.10 Å². The van der Waals surface area contributed by atoms with Gasteiger partial charge in [-0.25, -0.2) is 17.9 Å². The van der Waals surface area contributed by atoms with E-state index in [2.05, 4.69) is 10.1 Å². The lowest BCUT2D eigenvalue weighted by atomic mass is 10.1. The van der Waals surface area contributed by atoms with Gasteiger partial charge in [0.05, 0.1) is 29.0 Å². The number of ether oxygens (including phenoxy) is 1. The minimum Gasteiger partial charge on any atom is -0.477 e. The van der Waals surface area contributed by atoms with Crippen LogP contribution in [0.1, 0.15) is 12.5 Å².